The Morgan fingerprint density at radius 1 is 1.25 bits per heavy atom. The van der Waals surface area contributed by atoms with Gasteiger partial charge in [-0.05, 0) is 31.9 Å². The van der Waals surface area contributed by atoms with Gasteiger partial charge in [-0.3, -0.25) is 9.47 Å². The Bertz CT molecular complexity index is 283. The van der Waals surface area contributed by atoms with Gasteiger partial charge < -0.3 is 10.2 Å². The number of carbonyl (C=O) groups excluding carboxylic acids is 1. The van der Waals surface area contributed by atoms with Gasteiger partial charge in [-0.25, -0.2) is 0 Å². The van der Waals surface area contributed by atoms with Crippen molar-refractivity contribution in [2.24, 2.45) is 0 Å². The van der Waals surface area contributed by atoms with Gasteiger partial charge in [0, 0.05) is 25.4 Å². The lowest BCUT2D eigenvalue weighted by Crippen LogP contribution is -2.13. The number of nitrogens with zero attached hydrogens (tertiary/aromatic N) is 1. The molecule has 0 aromatic carbocycles. The van der Waals surface area contributed by atoms with E-state index in [2.05, 4.69) is 5.43 Å². The molecule has 0 spiro atoms. The van der Waals surface area contributed by atoms with Crippen molar-refractivity contribution >= 4 is 5.97 Å². The zero-order chi connectivity index (χ0) is 11.6. The smallest absolute Gasteiger partial charge is 0.305 e. The molecule has 90 valence electrons. The second-order valence-electron chi connectivity index (χ2n) is 3.61. The molecule has 0 saturated carbocycles. The summed E-state index contributed by atoms with van der Waals surface area (Å²) in [6.45, 7) is 3.24. The minimum Gasteiger partial charge on any atom is -0.466 e. The van der Waals surface area contributed by atoms with Crippen LogP contribution in [0.3, 0.4) is 0 Å². The number of esters is 1. The molecule has 0 saturated heterocycles. The van der Waals surface area contributed by atoms with Crippen LogP contribution in [0.15, 0.2) is 24.5 Å². The Hall–Kier alpha value is -1.45. The topological polar surface area (TPSA) is 43.3 Å². The highest BCUT2D eigenvalue weighted by Crippen LogP contribution is 2.01. The van der Waals surface area contributed by atoms with Gasteiger partial charge in [-0.1, -0.05) is 6.42 Å². The van der Waals surface area contributed by atoms with Crippen molar-refractivity contribution < 1.29 is 9.53 Å². The first-order valence-electron chi connectivity index (χ1n) is 5.85. The number of unbranched alkanes of at least 4 members (excludes halogenated alkanes) is 2. The first-order valence-corrected chi connectivity index (χ1v) is 5.85. The molecule has 0 aliphatic carbocycles. The maximum Gasteiger partial charge on any atom is 0.305 e. The molecule has 0 amide bonds. The summed E-state index contributed by atoms with van der Waals surface area (Å²) >= 11 is 0. The van der Waals surface area contributed by atoms with Crippen LogP contribution in [0.4, 0.5) is 0 Å². The fourth-order valence-electron chi connectivity index (χ4n) is 1.45. The van der Waals surface area contributed by atoms with Crippen LogP contribution in [-0.4, -0.2) is 23.8 Å². The van der Waals surface area contributed by atoms with E-state index in [1.54, 1.807) is 0 Å². The Kier molecular flexibility index (Phi) is 6.15. The molecular weight excluding hydrogens is 204 g/mol. The molecule has 1 aromatic rings. The molecule has 0 atom stereocenters. The molecule has 1 aromatic heterocycles. The molecule has 1 rings (SSSR count). The Balaban J connectivity index is 1.90. The molecular formula is C12H20N2O2. The van der Waals surface area contributed by atoms with E-state index in [0.717, 1.165) is 25.8 Å². The highest BCUT2D eigenvalue weighted by Gasteiger charge is 2.00. The van der Waals surface area contributed by atoms with Gasteiger partial charge in [-0.15, -0.1) is 0 Å². The van der Waals surface area contributed by atoms with Gasteiger partial charge >= 0.3 is 5.97 Å². The summed E-state index contributed by atoms with van der Waals surface area (Å²) in [7, 11) is 0. The molecule has 0 bridgehead atoms. The molecule has 0 radical (unpaired) electrons. The van der Waals surface area contributed by atoms with Crippen LogP contribution < -0.4 is 5.43 Å². The number of carbonyl (C=O) groups is 1. The molecule has 0 fully saturated rings. The summed E-state index contributed by atoms with van der Waals surface area (Å²) in [4.78, 5) is 11.0. The van der Waals surface area contributed by atoms with Crippen molar-refractivity contribution in [1.29, 1.82) is 0 Å². The SMILES string of the molecule is CCOC(=O)CCCCCNn1cccc1. The largest absolute Gasteiger partial charge is 0.466 e. The van der Waals surface area contributed by atoms with E-state index >= 15 is 0 Å². The number of aromatic nitrogens is 1. The van der Waals surface area contributed by atoms with Crippen LogP contribution in [0.25, 0.3) is 0 Å². The summed E-state index contributed by atoms with van der Waals surface area (Å²) < 4.78 is 6.78. The van der Waals surface area contributed by atoms with Gasteiger partial charge in [0.2, 0.25) is 0 Å². The van der Waals surface area contributed by atoms with Crippen LogP contribution >= 0.6 is 0 Å². The zero-order valence-electron chi connectivity index (χ0n) is 9.82. The summed E-state index contributed by atoms with van der Waals surface area (Å²) in [5.41, 5.74) is 3.24. The maximum absolute atomic E-state index is 11.0. The van der Waals surface area contributed by atoms with Gasteiger partial charge in [0.15, 0.2) is 0 Å². The zero-order valence-corrected chi connectivity index (χ0v) is 9.82. The van der Waals surface area contributed by atoms with Crippen LogP contribution in [0, 0.1) is 0 Å². The van der Waals surface area contributed by atoms with Crippen molar-refractivity contribution in [3.8, 4) is 0 Å². The van der Waals surface area contributed by atoms with Gasteiger partial charge in [0.05, 0.1) is 6.61 Å². The minimum atomic E-state index is -0.0825. The second kappa shape index (κ2) is 7.79. The number of rotatable bonds is 8. The summed E-state index contributed by atoms with van der Waals surface area (Å²) in [6.07, 6.45) is 7.51. The molecule has 16 heavy (non-hydrogen) atoms. The van der Waals surface area contributed by atoms with Crippen LogP contribution in [0.5, 0.6) is 0 Å². The van der Waals surface area contributed by atoms with Crippen molar-refractivity contribution in [3.05, 3.63) is 24.5 Å². The third-order valence-corrected chi connectivity index (χ3v) is 2.26. The van der Waals surface area contributed by atoms with E-state index < -0.39 is 0 Å². The highest BCUT2D eigenvalue weighted by molar-refractivity contribution is 5.69. The van der Waals surface area contributed by atoms with Crippen LogP contribution in [0.2, 0.25) is 0 Å². The van der Waals surface area contributed by atoms with E-state index in [1.807, 2.05) is 36.1 Å². The van der Waals surface area contributed by atoms with Gasteiger partial charge in [0.25, 0.3) is 0 Å². The Morgan fingerprint density at radius 2 is 2.00 bits per heavy atom. The predicted molar refractivity (Wildman–Crippen MR) is 63.8 cm³/mol. The average molecular weight is 224 g/mol. The monoisotopic (exact) mass is 224 g/mol. The quantitative estimate of drug-likeness (QED) is 0.543. The molecule has 1 N–H and O–H groups in total. The standard InChI is InChI=1S/C12H20N2O2/c1-2-16-12(15)8-4-3-5-9-13-14-10-6-7-11-14/h6-7,10-11,13H,2-5,8-9H2,1H3. The fourth-order valence-corrected chi connectivity index (χ4v) is 1.45. The third-order valence-electron chi connectivity index (χ3n) is 2.26. The first kappa shape index (κ1) is 12.6. The van der Waals surface area contributed by atoms with Crippen LogP contribution in [0.1, 0.15) is 32.6 Å². The molecule has 4 nitrogen and oxygen atoms in total. The normalized spacial score (nSPS) is 10.1. The van der Waals surface area contributed by atoms with Gasteiger partial charge in [-0.2, -0.15) is 0 Å². The average Bonchev–Trinajstić information content (AvgIpc) is 2.76. The number of hydrogen-bond donors (Lipinski definition) is 1. The van der Waals surface area contributed by atoms with E-state index in [4.69, 9.17) is 4.74 Å². The number of hydrogen-bond acceptors (Lipinski definition) is 3. The van der Waals surface area contributed by atoms with Crippen molar-refractivity contribution in [3.63, 3.8) is 0 Å². The number of nitrogens with one attached hydrogen (secondary N) is 1. The second-order valence-corrected chi connectivity index (χ2v) is 3.61. The van der Waals surface area contributed by atoms with Crippen molar-refractivity contribution in [1.82, 2.24) is 4.68 Å². The highest BCUT2D eigenvalue weighted by atomic mass is 16.5. The molecule has 4 heteroatoms. The first-order chi connectivity index (χ1) is 7.83. The lowest BCUT2D eigenvalue weighted by Gasteiger charge is -2.06. The molecule has 1 heterocycles. The molecule has 0 aliphatic rings. The lowest BCUT2D eigenvalue weighted by molar-refractivity contribution is -0.143. The molecule has 0 unspecified atom stereocenters. The Labute approximate surface area is 96.6 Å². The van der Waals surface area contributed by atoms with E-state index in [1.165, 1.54) is 0 Å². The lowest BCUT2D eigenvalue weighted by atomic mass is 10.2. The van der Waals surface area contributed by atoms with Crippen molar-refractivity contribution in [2.75, 3.05) is 18.6 Å². The summed E-state index contributed by atoms with van der Waals surface area (Å²) in [5, 5.41) is 0. The number of ether oxygens (including phenoxy) is 1. The summed E-state index contributed by atoms with van der Waals surface area (Å²) in [6, 6.07) is 3.96. The van der Waals surface area contributed by atoms with Crippen LogP contribution in [-0.2, 0) is 9.53 Å². The van der Waals surface area contributed by atoms with E-state index in [9.17, 15) is 4.79 Å². The van der Waals surface area contributed by atoms with Gasteiger partial charge in [0.1, 0.15) is 0 Å². The van der Waals surface area contributed by atoms with E-state index in [-0.39, 0.29) is 5.97 Å². The minimum absolute atomic E-state index is 0.0825. The summed E-state index contributed by atoms with van der Waals surface area (Å²) in [5.74, 6) is -0.0825. The molecule has 0 aliphatic heterocycles. The predicted octanol–water partition coefficient (Wildman–Crippen LogP) is 2.16. The Morgan fingerprint density at radius 3 is 2.69 bits per heavy atom. The third kappa shape index (κ3) is 5.44. The van der Waals surface area contributed by atoms with E-state index in [0.29, 0.717) is 13.0 Å². The maximum atomic E-state index is 11.0. The fraction of sp³-hybridized carbons (Fsp3) is 0.583. The van der Waals surface area contributed by atoms with Crippen molar-refractivity contribution in [2.45, 2.75) is 32.6 Å².